The fourth-order valence-electron chi connectivity index (χ4n) is 5.36. The van der Waals surface area contributed by atoms with Crippen LogP contribution in [0.2, 0.25) is 0 Å². The fraction of sp³-hybridized carbons (Fsp3) is 0.705. The summed E-state index contributed by atoms with van der Waals surface area (Å²) in [6.45, 7) is 4.63. The third kappa shape index (κ3) is 38.0. The van der Waals surface area contributed by atoms with Crippen LogP contribution in [0.25, 0.3) is 0 Å². The molecule has 0 radical (unpaired) electrons. The van der Waals surface area contributed by atoms with Gasteiger partial charge in [0.25, 0.3) is 0 Å². The summed E-state index contributed by atoms with van der Waals surface area (Å²) in [7, 11) is 1.54. The second-order valence-corrected chi connectivity index (χ2v) is 16.4. The number of allylic oxidation sites excluding steroid dienone is 11. The molecule has 0 saturated carbocycles. The maximum atomic E-state index is 12.8. The molecule has 306 valence electrons. The molecule has 0 rings (SSSR count). The number of rotatable bonds is 36. The van der Waals surface area contributed by atoms with E-state index in [1.807, 2.05) is 27.2 Å². The van der Waals surface area contributed by atoms with E-state index < -0.39 is 20.0 Å². The number of hydrogen-bond acceptors (Lipinski definition) is 5. The topological polar surface area (TPSA) is 105 Å². The predicted molar refractivity (Wildman–Crippen MR) is 226 cm³/mol. The van der Waals surface area contributed by atoms with Crippen molar-refractivity contribution < 1.29 is 32.9 Å². The zero-order valence-electron chi connectivity index (χ0n) is 34.5. The van der Waals surface area contributed by atoms with E-state index in [-0.39, 0.29) is 19.1 Å². The summed E-state index contributed by atoms with van der Waals surface area (Å²) in [6.07, 6.45) is 46.8. The third-order valence-corrected chi connectivity index (χ3v) is 9.67. The number of hydrogen-bond donors (Lipinski definition) is 3. The Labute approximate surface area is 325 Å². The monoisotopic (exact) mass is 764 g/mol. The molecule has 0 aliphatic rings. The van der Waals surface area contributed by atoms with Gasteiger partial charge >= 0.3 is 7.82 Å². The first-order chi connectivity index (χ1) is 25.5. The van der Waals surface area contributed by atoms with E-state index in [0.717, 1.165) is 89.9 Å². The lowest BCUT2D eigenvalue weighted by Gasteiger charge is -2.25. The van der Waals surface area contributed by atoms with Crippen LogP contribution in [0.3, 0.4) is 0 Å². The van der Waals surface area contributed by atoms with Gasteiger partial charge in [0.2, 0.25) is 5.91 Å². The highest BCUT2D eigenvalue weighted by Crippen LogP contribution is 2.43. The molecule has 0 aromatic rings. The van der Waals surface area contributed by atoms with E-state index in [4.69, 9.17) is 9.05 Å². The molecule has 0 aromatic heterocycles. The van der Waals surface area contributed by atoms with Crippen molar-refractivity contribution in [2.75, 3.05) is 40.9 Å². The fourth-order valence-corrected chi connectivity index (χ4v) is 6.09. The average molecular weight is 764 g/mol. The number of nitrogens with zero attached hydrogens (tertiary/aromatic N) is 1. The molecule has 0 heterocycles. The summed E-state index contributed by atoms with van der Waals surface area (Å²) < 4.78 is 23.5. The largest absolute Gasteiger partial charge is 0.472 e. The number of likely N-dealkylation sites (N-methyl/N-ethyl adjacent to an activating group) is 1. The summed E-state index contributed by atoms with van der Waals surface area (Å²) in [4.78, 5) is 23.0. The number of carbonyl (C=O) groups is 1. The minimum absolute atomic E-state index is 0.0533. The zero-order chi connectivity index (χ0) is 39.3. The molecule has 0 aliphatic heterocycles. The summed E-state index contributed by atoms with van der Waals surface area (Å²) in [5.74, 6) is -0.202. The Kier molecular flexibility index (Phi) is 34.2. The molecule has 53 heavy (non-hydrogen) atoms. The van der Waals surface area contributed by atoms with Crippen LogP contribution in [-0.4, -0.2) is 73.4 Å². The van der Waals surface area contributed by atoms with Crippen molar-refractivity contribution >= 4 is 13.7 Å². The molecule has 0 aliphatic carbocycles. The Bertz CT molecular complexity index is 1090. The maximum Gasteiger partial charge on any atom is 0.472 e. The lowest BCUT2D eigenvalue weighted by atomic mass is 10.1. The standard InChI is InChI=1S/C44H79N2O6P/c1-6-8-10-12-14-16-18-19-20-21-22-23-24-25-26-27-28-30-32-34-36-38-44(48)45-42(41-52-53(49,50)51-40-39-46(3,4)5)43(47)37-35-33-31-29-17-15-13-11-9-7-2/h8,10,14,16,19-20,22-23,25-26,35,37,42-43,47H,6-7,9,11-13,15,17-18,21,24,27-34,36,38-41H2,1-5H3,(H-,45,48,49,50)/p+1/b10-8-,16-14-,20-19-,23-22-,26-25-,37-35+. The number of phosphoric ester groups is 1. The van der Waals surface area contributed by atoms with Crippen LogP contribution in [0, 0.1) is 0 Å². The van der Waals surface area contributed by atoms with Crippen molar-refractivity contribution in [3.8, 4) is 0 Å². The van der Waals surface area contributed by atoms with Gasteiger partial charge in [-0.25, -0.2) is 4.57 Å². The van der Waals surface area contributed by atoms with Crippen LogP contribution < -0.4 is 5.32 Å². The Morgan fingerprint density at radius 2 is 1.13 bits per heavy atom. The van der Waals surface area contributed by atoms with Crippen molar-refractivity contribution in [1.82, 2.24) is 5.32 Å². The van der Waals surface area contributed by atoms with Gasteiger partial charge in [0.1, 0.15) is 13.2 Å². The number of quaternary nitrogens is 1. The number of phosphoric acid groups is 1. The van der Waals surface area contributed by atoms with Gasteiger partial charge in [0.15, 0.2) is 0 Å². The molecule has 0 saturated heterocycles. The van der Waals surface area contributed by atoms with Crippen molar-refractivity contribution in [3.63, 3.8) is 0 Å². The van der Waals surface area contributed by atoms with E-state index in [0.29, 0.717) is 17.4 Å². The Morgan fingerprint density at radius 3 is 1.66 bits per heavy atom. The van der Waals surface area contributed by atoms with E-state index >= 15 is 0 Å². The van der Waals surface area contributed by atoms with Crippen molar-refractivity contribution in [2.24, 2.45) is 0 Å². The summed E-state index contributed by atoms with van der Waals surface area (Å²) >= 11 is 0. The summed E-state index contributed by atoms with van der Waals surface area (Å²) in [5, 5.41) is 13.7. The Morgan fingerprint density at radius 1 is 0.660 bits per heavy atom. The lowest BCUT2D eigenvalue weighted by Crippen LogP contribution is -2.45. The van der Waals surface area contributed by atoms with Gasteiger partial charge in [-0.05, 0) is 64.2 Å². The second-order valence-electron chi connectivity index (χ2n) is 15.0. The summed E-state index contributed by atoms with van der Waals surface area (Å²) in [6, 6.07) is -0.858. The van der Waals surface area contributed by atoms with Crippen LogP contribution in [0.4, 0.5) is 0 Å². The molecule has 0 aromatic carbocycles. The first-order valence-electron chi connectivity index (χ1n) is 20.8. The molecular formula is C44H80N2O6P+. The van der Waals surface area contributed by atoms with E-state index in [2.05, 4.69) is 79.9 Å². The number of aliphatic hydroxyl groups is 1. The highest BCUT2D eigenvalue weighted by atomic mass is 31.2. The molecule has 0 spiro atoms. The van der Waals surface area contributed by atoms with Crippen LogP contribution in [-0.2, 0) is 18.4 Å². The Balaban J connectivity index is 4.44. The second kappa shape index (κ2) is 35.6. The molecule has 3 unspecified atom stereocenters. The van der Waals surface area contributed by atoms with E-state index in [1.54, 1.807) is 6.08 Å². The molecule has 8 nitrogen and oxygen atoms in total. The van der Waals surface area contributed by atoms with Gasteiger partial charge in [-0.2, -0.15) is 0 Å². The number of nitrogens with one attached hydrogen (secondary N) is 1. The van der Waals surface area contributed by atoms with Gasteiger partial charge in [0, 0.05) is 6.42 Å². The Hall–Kier alpha value is -2.06. The zero-order valence-corrected chi connectivity index (χ0v) is 35.4. The van der Waals surface area contributed by atoms with E-state index in [1.165, 1.54) is 38.5 Å². The molecule has 9 heteroatoms. The van der Waals surface area contributed by atoms with Gasteiger partial charge < -0.3 is 19.8 Å². The van der Waals surface area contributed by atoms with Gasteiger partial charge in [0.05, 0.1) is 39.9 Å². The molecular weight excluding hydrogens is 683 g/mol. The molecule has 3 atom stereocenters. The normalized spacial score (nSPS) is 15.2. The van der Waals surface area contributed by atoms with Gasteiger partial charge in [-0.3, -0.25) is 13.8 Å². The summed E-state index contributed by atoms with van der Waals surface area (Å²) in [5.41, 5.74) is 0. The van der Waals surface area contributed by atoms with Gasteiger partial charge in [-0.1, -0.05) is 151 Å². The molecule has 0 fully saturated rings. The van der Waals surface area contributed by atoms with Crippen molar-refractivity contribution in [1.29, 1.82) is 0 Å². The number of unbranched alkanes of at least 4 members (excludes halogenated alkanes) is 13. The number of carbonyl (C=O) groups excluding carboxylic acids is 1. The van der Waals surface area contributed by atoms with Crippen LogP contribution >= 0.6 is 7.82 Å². The third-order valence-electron chi connectivity index (χ3n) is 8.68. The highest BCUT2D eigenvalue weighted by molar-refractivity contribution is 7.47. The number of amides is 1. The van der Waals surface area contributed by atoms with Crippen LogP contribution in [0.15, 0.2) is 72.9 Å². The minimum atomic E-state index is -4.34. The van der Waals surface area contributed by atoms with E-state index in [9.17, 15) is 19.4 Å². The maximum absolute atomic E-state index is 12.8. The first-order valence-corrected chi connectivity index (χ1v) is 22.3. The minimum Gasteiger partial charge on any atom is -0.387 e. The van der Waals surface area contributed by atoms with Crippen molar-refractivity contribution in [3.05, 3.63) is 72.9 Å². The van der Waals surface area contributed by atoms with Gasteiger partial charge in [-0.15, -0.1) is 0 Å². The van der Waals surface area contributed by atoms with Crippen LogP contribution in [0.1, 0.15) is 149 Å². The lowest BCUT2D eigenvalue weighted by molar-refractivity contribution is -0.870. The van der Waals surface area contributed by atoms with Crippen molar-refractivity contribution in [2.45, 2.75) is 161 Å². The predicted octanol–water partition coefficient (Wildman–Crippen LogP) is 11.2. The average Bonchev–Trinajstić information content (AvgIpc) is 3.10. The number of aliphatic hydroxyl groups excluding tert-OH is 1. The molecule has 0 bridgehead atoms. The smallest absolute Gasteiger partial charge is 0.387 e. The highest BCUT2D eigenvalue weighted by Gasteiger charge is 2.27. The molecule has 3 N–H and O–H groups in total. The quantitative estimate of drug-likeness (QED) is 0.0254. The molecule has 1 amide bonds. The SMILES string of the molecule is CC/C=C\C/C=C\C/C=C\C/C=C\C/C=C\CCCCCCCC(=O)NC(COP(=O)(O)OCC[N+](C)(C)C)C(O)/C=C/CCCCCCCCCC. The first kappa shape index (κ1) is 50.9. The van der Waals surface area contributed by atoms with Crippen LogP contribution in [0.5, 0.6) is 0 Å².